The number of nitrogens with one attached hydrogen (secondary N) is 2. The smallest absolute Gasteiger partial charge is 0.303 e. The van der Waals surface area contributed by atoms with Crippen molar-refractivity contribution < 1.29 is 19.6 Å². The Morgan fingerprint density at radius 2 is 1.90 bits per heavy atom. The molecule has 1 aromatic heterocycles. The maximum atomic E-state index is 12.9. The third kappa shape index (κ3) is 5.11. The molecule has 2 aliphatic rings. The van der Waals surface area contributed by atoms with Gasteiger partial charge in [-0.15, -0.1) is 11.3 Å². The number of anilines is 1. The average Bonchev–Trinajstić information content (AvgIpc) is 3.46. The van der Waals surface area contributed by atoms with Gasteiger partial charge in [-0.1, -0.05) is 25.7 Å². The van der Waals surface area contributed by atoms with Crippen LogP contribution in [-0.2, 0) is 17.8 Å². The number of fused-ring (bicyclic) bond motifs is 1. The van der Waals surface area contributed by atoms with Gasteiger partial charge in [-0.05, 0) is 36.6 Å². The van der Waals surface area contributed by atoms with E-state index >= 15 is 0 Å². The van der Waals surface area contributed by atoms with Crippen LogP contribution in [0.3, 0.4) is 0 Å². The lowest BCUT2D eigenvalue weighted by molar-refractivity contribution is -0.116. The molecule has 4 rings (SSSR count). The molecule has 2 heterocycles. The van der Waals surface area contributed by atoms with Crippen LogP contribution >= 0.6 is 11.3 Å². The van der Waals surface area contributed by atoms with E-state index in [-0.39, 0.29) is 16.8 Å². The van der Waals surface area contributed by atoms with Crippen LogP contribution in [0.15, 0.2) is 24.3 Å². The molecule has 1 aliphatic carbocycles. The summed E-state index contributed by atoms with van der Waals surface area (Å²) in [5, 5.41) is 11.9. The fraction of sp³-hybridized carbons (Fsp3) is 0.455. The van der Waals surface area contributed by atoms with E-state index < -0.39 is 5.91 Å². The van der Waals surface area contributed by atoms with Gasteiger partial charge in [0.2, 0.25) is 5.91 Å². The molecule has 8 nitrogen and oxygen atoms in total. The van der Waals surface area contributed by atoms with E-state index in [1.807, 2.05) is 0 Å². The van der Waals surface area contributed by atoms with Crippen LogP contribution in [-0.4, -0.2) is 39.4 Å². The Kier molecular flexibility index (Phi) is 6.62. The molecule has 1 aromatic carbocycles. The SMILES string of the molecule is O=C(CCC1CCCC1)Nc1ccc(C(=O)N2CCc3nc(C(=O)NO)sc3C2)cc1. The molecule has 0 atom stereocenters. The Bertz CT molecular complexity index is 966. The molecule has 0 unspecified atom stereocenters. The second-order valence-corrected chi connectivity index (χ2v) is 9.20. The highest BCUT2D eigenvalue weighted by molar-refractivity contribution is 7.13. The van der Waals surface area contributed by atoms with Gasteiger partial charge in [-0.25, -0.2) is 10.5 Å². The molecule has 1 aliphatic heterocycles. The molecule has 31 heavy (non-hydrogen) atoms. The van der Waals surface area contributed by atoms with E-state index in [4.69, 9.17) is 5.21 Å². The van der Waals surface area contributed by atoms with Crippen LogP contribution in [0, 0.1) is 5.92 Å². The third-order valence-electron chi connectivity index (χ3n) is 5.98. The Morgan fingerprint density at radius 1 is 1.16 bits per heavy atom. The van der Waals surface area contributed by atoms with Crippen molar-refractivity contribution in [3.63, 3.8) is 0 Å². The van der Waals surface area contributed by atoms with Crippen molar-refractivity contribution in [2.45, 2.75) is 51.5 Å². The van der Waals surface area contributed by atoms with E-state index in [0.29, 0.717) is 43.1 Å². The first-order chi connectivity index (χ1) is 15.0. The second-order valence-electron chi connectivity index (χ2n) is 8.12. The minimum Gasteiger partial charge on any atom is -0.333 e. The van der Waals surface area contributed by atoms with E-state index in [1.165, 1.54) is 37.0 Å². The number of aromatic nitrogens is 1. The summed E-state index contributed by atoms with van der Waals surface area (Å²) in [6.45, 7) is 0.888. The van der Waals surface area contributed by atoms with Crippen LogP contribution in [0.4, 0.5) is 5.69 Å². The molecule has 0 saturated heterocycles. The third-order valence-corrected chi connectivity index (χ3v) is 7.07. The summed E-state index contributed by atoms with van der Waals surface area (Å²) in [6, 6.07) is 6.96. The zero-order valence-corrected chi connectivity index (χ0v) is 18.0. The minimum atomic E-state index is -0.641. The fourth-order valence-electron chi connectivity index (χ4n) is 4.25. The van der Waals surface area contributed by atoms with Crippen LogP contribution in [0.25, 0.3) is 0 Å². The number of nitrogens with zero attached hydrogens (tertiary/aromatic N) is 2. The van der Waals surface area contributed by atoms with Gasteiger partial charge in [0.05, 0.1) is 12.2 Å². The van der Waals surface area contributed by atoms with Crippen LogP contribution in [0.2, 0.25) is 0 Å². The summed E-state index contributed by atoms with van der Waals surface area (Å²) in [7, 11) is 0. The molecule has 3 N–H and O–H groups in total. The van der Waals surface area contributed by atoms with Crippen molar-refractivity contribution in [3.05, 3.63) is 45.4 Å². The number of hydroxylamine groups is 1. The van der Waals surface area contributed by atoms with Crippen LogP contribution < -0.4 is 10.8 Å². The average molecular weight is 443 g/mol. The number of carbonyl (C=O) groups is 3. The fourth-order valence-corrected chi connectivity index (χ4v) is 5.26. The van der Waals surface area contributed by atoms with Crippen molar-refractivity contribution >= 4 is 34.7 Å². The Hall–Kier alpha value is -2.78. The Morgan fingerprint density at radius 3 is 2.61 bits per heavy atom. The molecule has 0 spiro atoms. The van der Waals surface area contributed by atoms with Crippen molar-refractivity contribution in [1.82, 2.24) is 15.4 Å². The monoisotopic (exact) mass is 442 g/mol. The molecule has 9 heteroatoms. The number of hydrogen-bond acceptors (Lipinski definition) is 6. The Balaban J connectivity index is 1.32. The zero-order chi connectivity index (χ0) is 21.8. The minimum absolute atomic E-state index is 0.0162. The van der Waals surface area contributed by atoms with E-state index in [2.05, 4.69) is 10.3 Å². The first kappa shape index (κ1) is 21.5. The topological polar surface area (TPSA) is 112 Å². The number of benzene rings is 1. The molecular formula is C22H26N4O4S. The van der Waals surface area contributed by atoms with Crippen LogP contribution in [0.5, 0.6) is 0 Å². The maximum absolute atomic E-state index is 12.9. The molecule has 1 saturated carbocycles. The lowest BCUT2D eigenvalue weighted by atomic mass is 10.0. The van der Waals surface area contributed by atoms with Gasteiger partial charge < -0.3 is 10.2 Å². The summed E-state index contributed by atoms with van der Waals surface area (Å²) in [5.74, 6) is -0.0459. The summed E-state index contributed by atoms with van der Waals surface area (Å²) in [4.78, 5) is 43.4. The lowest BCUT2D eigenvalue weighted by Gasteiger charge is -2.26. The van der Waals surface area contributed by atoms with Gasteiger partial charge in [0, 0.05) is 35.5 Å². The van der Waals surface area contributed by atoms with Crippen molar-refractivity contribution in [2.24, 2.45) is 5.92 Å². The molecule has 3 amide bonds. The molecule has 164 valence electrons. The van der Waals surface area contributed by atoms with Crippen molar-refractivity contribution in [1.29, 1.82) is 0 Å². The lowest BCUT2D eigenvalue weighted by Crippen LogP contribution is -2.35. The molecular weight excluding hydrogens is 416 g/mol. The largest absolute Gasteiger partial charge is 0.333 e. The molecule has 0 radical (unpaired) electrons. The maximum Gasteiger partial charge on any atom is 0.303 e. The highest BCUT2D eigenvalue weighted by Gasteiger charge is 2.26. The number of carbonyl (C=O) groups excluding carboxylic acids is 3. The van der Waals surface area contributed by atoms with Crippen LogP contribution in [0.1, 0.15) is 69.3 Å². The predicted molar refractivity (Wildman–Crippen MR) is 116 cm³/mol. The summed E-state index contributed by atoms with van der Waals surface area (Å²) >= 11 is 1.18. The normalized spacial score (nSPS) is 16.1. The van der Waals surface area contributed by atoms with Gasteiger partial charge in [0.25, 0.3) is 5.91 Å². The first-order valence-electron chi connectivity index (χ1n) is 10.7. The highest BCUT2D eigenvalue weighted by Crippen LogP contribution is 2.29. The number of hydrogen-bond donors (Lipinski definition) is 3. The second kappa shape index (κ2) is 9.57. The standard InChI is InChI=1S/C22H26N4O4S/c27-19(10-5-14-3-1-2-4-14)23-16-8-6-15(7-9-16)22(29)26-12-11-17-18(13-26)31-21(24-17)20(28)25-30/h6-9,14,30H,1-5,10-13H2,(H,23,27)(H,25,28). The Labute approximate surface area is 184 Å². The van der Waals surface area contributed by atoms with Gasteiger partial charge in [0.1, 0.15) is 0 Å². The molecule has 0 bridgehead atoms. The highest BCUT2D eigenvalue weighted by atomic mass is 32.1. The van der Waals surface area contributed by atoms with Crippen molar-refractivity contribution in [2.75, 3.05) is 11.9 Å². The number of thiazole rings is 1. The van der Waals surface area contributed by atoms with E-state index in [0.717, 1.165) is 17.0 Å². The van der Waals surface area contributed by atoms with Crippen molar-refractivity contribution in [3.8, 4) is 0 Å². The van der Waals surface area contributed by atoms with Gasteiger partial charge in [-0.2, -0.15) is 0 Å². The number of amides is 3. The van der Waals surface area contributed by atoms with E-state index in [1.54, 1.807) is 34.6 Å². The quantitative estimate of drug-likeness (QED) is 0.469. The summed E-state index contributed by atoms with van der Waals surface area (Å²) in [6.07, 6.45) is 7.07. The summed E-state index contributed by atoms with van der Waals surface area (Å²) < 4.78 is 0. The van der Waals surface area contributed by atoms with Gasteiger partial charge in [0.15, 0.2) is 5.01 Å². The number of rotatable bonds is 6. The molecule has 1 fully saturated rings. The molecule has 2 aromatic rings. The van der Waals surface area contributed by atoms with E-state index in [9.17, 15) is 14.4 Å². The summed E-state index contributed by atoms with van der Waals surface area (Å²) in [5.41, 5.74) is 3.62. The first-order valence-corrected chi connectivity index (χ1v) is 11.5. The zero-order valence-electron chi connectivity index (χ0n) is 17.2. The predicted octanol–water partition coefficient (Wildman–Crippen LogP) is 3.37. The van der Waals surface area contributed by atoms with Gasteiger partial charge in [-0.3, -0.25) is 19.6 Å². The van der Waals surface area contributed by atoms with Gasteiger partial charge >= 0.3 is 5.91 Å².